The lowest BCUT2D eigenvalue weighted by Crippen LogP contribution is -2.58. The van der Waals surface area contributed by atoms with Crippen LogP contribution in [0.2, 0.25) is 0 Å². The van der Waals surface area contributed by atoms with E-state index in [0.717, 1.165) is 10.5 Å². The van der Waals surface area contributed by atoms with Crippen LogP contribution in [0.15, 0.2) is 121 Å². The molecule has 4 aromatic rings. The van der Waals surface area contributed by atoms with Crippen molar-refractivity contribution in [2.24, 2.45) is 23.7 Å². The summed E-state index contributed by atoms with van der Waals surface area (Å²) in [5.41, 5.74) is 2.23. The maximum Gasteiger partial charge on any atom is 0.271 e. The third-order valence-corrected chi connectivity index (χ3v) is 11.2. The third-order valence-electron chi connectivity index (χ3n) is 11.2. The highest BCUT2D eigenvalue weighted by Gasteiger charge is 2.66. The van der Waals surface area contributed by atoms with Crippen molar-refractivity contribution in [1.82, 2.24) is 0 Å². The van der Waals surface area contributed by atoms with Crippen molar-refractivity contribution < 1.29 is 29.2 Å². The van der Waals surface area contributed by atoms with Gasteiger partial charge in [-0.3, -0.25) is 29.3 Å². The molecule has 50 heavy (non-hydrogen) atoms. The summed E-state index contributed by atoms with van der Waals surface area (Å²) >= 11 is 0. The van der Waals surface area contributed by atoms with Crippen molar-refractivity contribution >= 4 is 40.3 Å². The standard InChI is InChI=1S/C41H32N2O7/c1-23-19-25(15-18-34(23)44)37-29-16-17-30-36(40(48)42(39(30)47)27-13-8-14-28(20-27)43(49)50)32(29)21-33-38(46)31(24-9-4-2-5-10-24)22-35(45)41(33,37)26-11-6-3-7-12-26/h2-16,18-20,22,30,32-33,36-37,44H,17,21H2,1H3/t30-,32+,33-,36-,37-,41-/m0/s1. The van der Waals surface area contributed by atoms with E-state index in [4.69, 9.17) is 0 Å². The summed E-state index contributed by atoms with van der Waals surface area (Å²) < 4.78 is 0. The lowest BCUT2D eigenvalue weighted by molar-refractivity contribution is -0.384. The summed E-state index contributed by atoms with van der Waals surface area (Å²) in [6.07, 6.45) is 3.81. The number of aryl methyl sites for hydroxylation is 1. The number of anilines is 1. The minimum atomic E-state index is -1.37. The molecule has 1 heterocycles. The molecule has 9 nitrogen and oxygen atoms in total. The number of rotatable bonds is 5. The molecule has 248 valence electrons. The van der Waals surface area contributed by atoms with Crippen LogP contribution in [0.4, 0.5) is 11.4 Å². The van der Waals surface area contributed by atoms with E-state index >= 15 is 4.79 Å². The number of hydrogen-bond donors (Lipinski definition) is 1. The number of nitro groups is 1. The molecule has 1 saturated heterocycles. The number of Topliss-reactive ketones (excluding diaryl/α,β-unsaturated/α-hetero) is 1. The van der Waals surface area contributed by atoms with Gasteiger partial charge in [0.15, 0.2) is 11.6 Å². The van der Waals surface area contributed by atoms with Crippen molar-refractivity contribution in [2.75, 3.05) is 4.90 Å². The highest BCUT2D eigenvalue weighted by molar-refractivity contribution is 6.32. The zero-order valence-corrected chi connectivity index (χ0v) is 27.1. The predicted molar refractivity (Wildman–Crippen MR) is 185 cm³/mol. The molecular weight excluding hydrogens is 632 g/mol. The Kier molecular flexibility index (Phi) is 7.25. The number of ketones is 2. The Hall–Kier alpha value is -5.96. The van der Waals surface area contributed by atoms with E-state index in [9.17, 15) is 29.6 Å². The first-order valence-corrected chi connectivity index (χ1v) is 16.7. The van der Waals surface area contributed by atoms with Crippen LogP contribution >= 0.6 is 0 Å². The molecule has 3 aliphatic carbocycles. The Labute approximate surface area is 287 Å². The topological polar surface area (TPSA) is 135 Å². The van der Waals surface area contributed by atoms with Gasteiger partial charge in [0.2, 0.25) is 11.8 Å². The zero-order valence-electron chi connectivity index (χ0n) is 27.1. The highest BCUT2D eigenvalue weighted by atomic mass is 16.6. The first-order chi connectivity index (χ1) is 24.1. The molecular formula is C41H32N2O7. The number of allylic oxidation sites excluding steroid dienone is 4. The van der Waals surface area contributed by atoms with Crippen LogP contribution < -0.4 is 4.90 Å². The second kappa shape index (κ2) is 11.6. The average molecular weight is 665 g/mol. The van der Waals surface area contributed by atoms with E-state index in [1.54, 1.807) is 31.2 Å². The minimum absolute atomic E-state index is 0.0885. The number of carbonyl (C=O) groups excluding carboxylic acids is 4. The lowest BCUT2D eigenvalue weighted by Gasteiger charge is -2.55. The first kappa shape index (κ1) is 31.3. The minimum Gasteiger partial charge on any atom is -0.508 e. The van der Waals surface area contributed by atoms with Gasteiger partial charge < -0.3 is 5.11 Å². The monoisotopic (exact) mass is 664 g/mol. The number of phenolic OH excluding ortho intramolecular Hbond substituents is 1. The van der Waals surface area contributed by atoms with E-state index in [-0.39, 0.29) is 41.5 Å². The molecule has 2 fully saturated rings. The van der Waals surface area contributed by atoms with Gasteiger partial charge >= 0.3 is 0 Å². The van der Waals surface area contributed by atoms with Gasteiger partial charge in [0, 0.05) is 29.5 Å². The van der Waals surface area contributed by atoms with E-state index in [0.29, 0.717) is 27.8 Å². The first-order valence-electron chi connectivity index (χ1n) is 16.7. The molecule has 1 saturated carbocycles. The van der Waals surface area contributed by atoms with Gasteiger partial charge in [-0.05, 0) is 66.1 Å². The Morgan fingerprint density at radius 2 is 1.56 bits per heavy atom. The van der Waals surface area contributed by atoms with Crippen molar-refractivity contribution in [1.29, 1.82) is 0 Å². The normalized spacial score (nSPS) is 27.2. The summed E-state index contributed by atoms with van der Waals surface area (Å²) in [5, 5.41) is 22.1. The summed E-state index contributed by atoms with van der Waals surface area (Å²) in [7, 11) is 0. The van der Waals surface area contributed by atoms with Crippen LogP contribution in [0, 0.1) is 40.7 Å². The average Bonchev–Trinajstić information content (AvgIpc) is 3.39. The molecule has 6 atom stereocenters. The predicted octanol–water partition coefficient (Wildman–Crippen LogP) is 6.64. The molecule has 0 aromatic heterocycles. The van der Waals surface area contributed by atoms with Crippen LogP contribution in [-0.2, 0) is 24.6 Å². The smallest absolute Gasteiger partial charge is 0.271 e. The molecule has 8 rings (SSSR count). The van der Waals surface area contributed by atoms with Crippen LogP contribution in [0.1, 0.15) is 41.0 Å². The lowest BCUT2D eigenvalue weighted by atomic mass is 9.44. The fourth-order valence-corrected chi connectivity index (χ4v) is 9.11. The highest BCUT2D eigenvalue weighted by Crippen LogP contribution is 2.64. The maximum absolute atomic E-state index is 15.1. The summed E-state index contributed by atoms with van der Waals surface area (Å²) in [4.78, 5) is 70.6. The van der Waals surface area contributed by atoms with Gasteiger partial charge in [0.05, 0.1) is 27.9 Å². The van der Waals surface area contributed by atoms with Crippen molar-refractivity contribution in [3.63, 3.8) is 0 Å². The fourth-order valence-electron chi connectivity index (χ4n) is 9.11. The molecule has 4 aliphatic rings. The number of nitro benzene ring substituents is 1. The second-order valence-electron chi connectivity index (χ2n) is 13.6. The van der Waals surface area contributed by atoms with Gasteiger partial charge in [0.1, 0.15) is 5.75 Å². The summed E-state index contributed by atoms with van der Waals surface area (Å²) in [5.74, 6) is -5.02. The number of non-ortho nitro benzene ring substituents is 1. The number of nitrogens with zero attached hydrogens (tertiary/aromatic N) is 2. The Balaban J connectivity index is 1.35. The molecule has 4 aromatic carbocycles. The van der Waals surface area contributed by atoms with E-state index in [1.165, 1.54) is 30.3 Å². The van der Waals surface area contributed by atoms with Crippen LogP contribution in [0.3, 0.4) is 0 Å². The SMILES string of the molecule is Cc1cc([C@H]2C3=CC[C@@H]4C(=O)N(c5cccc([N+](=O)[O-])c5)C(=O)[C@@H]4[C@@H]3C[C@H]3C(=O)C(c4ccccc4)=CC(=O)[C@@]23c2ccccc2)ccc1O. The quantitative estimate of drug-likeness (QED) is 0.109. The fraction of sp³-hybridized carbons (Fsp3) is 0.220. The molecule has 0 bridgehead atoms. The van der Waals surface area contributed by atoms with E-state index in [2.05, 4.69) is 0 Å². The molecule has 1 aliphatic heterocycles. The molecule has 0 unspecified atom stereocenters. The largest absolute Gasteiger partial charge is 0.508 e. The second-order valence-corrected chi connectivity index (χ2v) is 13.6. The number of fused-ring (bicyclic) bond motifs is 4. The summed E-state index contributed by atoms with van der Waals surface area (Å²) in [6.45, 7) is 1.77. The number of hydrogen-bond acceptors (Lipinski definition) is 7. The number of amides is 2. The summed E-state index contributed by atoms with van der Waals surface area (Å²) in [6, 6.07) is 29.1. The van der Waals surface area contributed by atoms with E-state index < -0.39 is 51.7 Å². The van der Waals surface area contributed by atoms with Crippen molar-refractivity contribution in [2.45, 2.75) is 31.1 Å². The Morgan fingerprint density at radius 1 is 0.840 bits per heavy atom. The van der Waals surface area contributed by atoms with Gasteiger partial charge in [-0.15, -0.1) is 0 Å². The van der Waals surface area contributed by atoms with Gasteiger partial charge in [-0.1, -0.05) is 90.5 Å². The van der Waals surface area contributed by atoms with Crippen LogP contribution in [0.25, 0.3) is 5.57 Å². The molecule has 1 N–H and O–H groups in total. The van der Waals surface area contributed by atoms with Gasteiger partial charge in [-0.25, -0.2) is 4.90 Å². The molecule has 2 amide bonds. The van der Waals surface area contributed by atoms with Crippen LogP contribution in [0.5, 0.6) is 5.75 Å². The molecule has 9 heteroatoms. The number of benzene rings is 4. The van der Waals surface area contributed by atoms with Crippen molar-refractivity contribution in [3.8, 4) is 5.75 Å². The number of imide groups is 1. The van der Waals surface area contributed by atoms with Gasteiger partial charge in [-0.2, -0.15) is 0 Å². The van der Waals surface area contributed by atoms with E-state index in [1.807, 2.05) is 60.7 Å². The maximum atomic E-state index is 15.1. The Morgan fingerprint density at radius 3 is 2.26 bits per heavy atom. The molecule has 0 spiro atoms. The Bertz CT molecular complexity index is 2190. The van der Waals surface area contributed by atoms with Crippen LogP contribution in [-0.4, -0.2) is 33.4 Å². The molecule has 0 radical (unpaired) electrons. The third kappa shape index (κ3) is 4.46. The number of aromatic hydroxyl groups is 1. The number of phenols is 1. The number of carbonyl (C=O) groups is 4. The van der Waals surface area contributed by atoms with Gasteiger partial charge in [0.25, 0.3) is 5.69 Å². The zero-order chi connectivity index (χ0) is 34.9. The van der Waals surface area contributed by atoms with Crippen molar-refractivity contribution in [3.05, 3.63) is 153 Å².